The molecule has 1 aliphatic carbocycles. The van der Waals surface area contributed by atoms with Crippen molar-refractivity contribution in [2.24, 2.45) is 5.92 Å². The van der Waals surface area contributed by atoms with E-state index in [0.717, 1.165) is 31.2 Å². The molecule has 0 bridgehead atoms. The summed E-state index contributed by atoms with van der Waals surface area (Å²) in [5, 5.41) is 5.94. The van der Waals surface area contributed by atoms with Gasteiger partial charge in [0.15, 0.2) is 0 Å². The van der Waals surface area contributed by atoms with Crippen molar-refractivity contribution in [1.82, 2.24) is 4.98 Å². The number of para-hydroxylation sites is 1. The number of methoxy groups -OCH3 is 1. The van der Waals surface area contributed by atoms with Crippen LogP contribution in [0.25, 0.3) is 0 Å². The summed E-state index contributed by atoms with van der Waals surface area (Å²) in [6, 6.07) is 14.9. The molecular formula is C27H27FN4O3. The number of carbonyl (C=O) groups is 2. The average Bonchev–Trinajstić information content (AvgIpc) is 3.06. The van der Waals surface area contributed by atoms with Gasteiger partial charge in [-0.05, 0) is 62.1 Å². The molecule has 0 radical (unpaired) electrons. The molecule has 2 heterocycles. The quantitative estimate of drug-likeness (QED) is 0.538. The maximum atomic E-state index is 14.1. The standard InChI is InChI=1S/C27H27FN4O3/c1-35-20-11-8-17(9-12-20)27(34)32-16-19-5-4-14-29-25(19)30-23-13-10-18(15-24(23)32)26(33)31-22-7-3-2-6-21(22)28/h2-7,10,13-15,17,20H,8-9,11-12,16H2,1H3,(H,29,30)(H,31,33)/t17-,20-. The number of halogens is 1. The summed E-state index contributed by atoms with van der Waals surface area (Å²) in [7, 11) is 1.71. The van der Waals surface area contributed by atoms with Gasteiger partial charge >= 0.3 is 0 Å². The molecule has 1 aliphatic heterocycles. The largest absolute Gasteiger partial charge is 0.381 e. The molecular weight excluding hydrogens is 447 g/mol. The Balaban J connectivity index is 1.48. The summed E-state index contributed by atoms with van der Waals surface area (Å²) in [5.41, 5.74) is 2.60. The second kappa shape index (κ2) is 9.84. The predicted octanol–water partition coefficient (Wildman–Crippen LogP) is 5.27. The summed E-state index contributed by atoms with van der Waals surface area (Å²) in [6.07, 6.45) is 5.08. The minimum atomic E-state index is -0.512. The Morgan fingerprint density at radius 1 is 1.09 bits per heavy atom. The zero-order valence-corrected chi connectivity index (χ0v) is 19.5. The van der Waals surface area contributed by atoms with Crippen LogP contribution in [0, 0.1) is 11.7 Å². The van der Waals surface area contributed by atoms with Gasteiger partial charge in [-0.3, -0.25) is 9.59 Å². The number of pyridine rings is 1. The first-order valence-electron chi connectivity index (χ1n) is 11.8. The highest BCUT2D eigenvalue weighted by Gasteiger charge is 2.33. The number of hydrogen-bond donors (Lipinski definition) is 2. The van der Waals surface area contributed by atoms with Crippen molar-refractivity contribution < 1.29 is 18.7 Å². The Labute approximate surface area is 203 Å². The van der Waals surface area contributed by atoms with Crippen molar-refractivity contribution >= 4 is 34.7 Å². The van der Waals surface area contributed by atoms with Crippen LogP contribution in [0.2, 0.25) is 0 Å². The molecule has 180 valence electrons. The third kappa shape index (κ3) is 4.74. The highest BCUT2D eigenvalue weighted by atomic mass is 19.1. The lowest BCUT2D eigenvalue weighted by atomic mass is 9.86. The van der Waals surface area contributed by atoms with E-state index in [1.54, 1.807) is 48.5 Å². The van der Waals surface area contributed by atoms with Crippen LogP contribution < -0.4 is 15.5 Å². The minimum absolute atomic E-state index is 0.0194. The molecule has 3 aromatic rings. The van der Waals surface area contributed by atoms with Crippen LogP contribution in [-0.2, 0) is 16.1 Å². The minimum Gasteiger partial charge on any atom is -0.381 e. The molecule has 8 heteroatoms. The first-order valence-corrected chi connectivity index (χ1v) is 11.8. The van der Waals surface area contributed by atoms with E-state index in [2.05, 4.69) is 15.6 Å². The summed E-state index contributed by atoms with van der Waals surface area (Å²) in [6.45, 7) is 0.338. The monoisotopic (exact) mass is 474 g/mol. The SMILES string of the molecule is CO[C@H]1CC[C@H](C(=O)N2Cc3cccnc3Nc3ccc(C(=O)Nc4ccccc4F)cc32)CC1. The molecule has 35 heavy (non-hydrogen) atoms. The predicted molar refractivity (Wildman–Crippen MR) is 132 cm³/mol. The van der Waals surface area contributed by atoms with E-state index >= 15 is 0 Å². The zero-order chi connectivity index (χ0) is 24.4. The zero-order valence-electron chi connectivity index (χ0n) is 19.5. The van der Waals surface area contributed by atoms with E-state index < -0.39 is 11.7 Å². The Hall–Kier alpha value is -3.78. The lowest BCUT2D eigenvalue weighted by molar-refractivity contribution is -0.124. The van der Waals surface area contributed by atoms with Crippen molar-refractivity contribution in [3.05, 3.63) is 77.7 Å². The Morgan fingerprint density at radius 2 is 1.89 bits per heavy atom. The summed E-state index contributed by atoms with van der Waals surface area (Å²) >= 11 is 0. The maximum Gasteiger partial charge on any atom is 0.255 e. The summed E-state index contributed by atoms with van der Waals surface area (Å²) in [5.74, 6) is -0.391. The topological polar surface area (TPSA) is 83.6 Å². The number of amides is 2. The van der Waals surface area contributed by atoms with Gasteiger partial charge < -0.3 is 20.3 Å². The first-order chi connectivity index (χ1) is 17.0. The van der Waals surface area contributed by atoms with E-state index in [-0.39, 0.29) is 23.6 Å². The van der Waals surface area contributed by atoms with Crippen molar-refractivity contribution in [1.29, 1.82) is 0 Å². The maximum absolute atomic E-state index is 14.1. The third-order valence-electron chi connectivity index (χ3n) is 6.77. The number of ether oxygens (including phenoxy) is 1. The summed E-state index contributed by atoms with van der Waals surface area (Å²) in [4.78, 5) is 32.9. The molecule has 1 saturated carbocycles. The molecule has 1 fully saturated rings. The molecule has 1 aromatic heterocycles. The van der Waals surface area contributed by atoms with Gasteiger partial charge in [-0.2, -0.15) is 0 Å². The molecule has 0 unspecified atom stereocenters. The number of benzene rings is 2. The van der Waals surface area contributed by atoms with E-state index in [0.29, 0.717) is 29.3 Å². The van der Waals surface area contributed by atoms with Crippen LogP contribution in [0.4, 0.5) is 27.3 Å². The van der Waals surface area contributed by atoms with Crippen LogP contribution in [-0.4, -0.2) is 30.0 Å². The molecule has 2 N–H and O–H groups in total. The van der Waals surface area contributed by atoms with Gasteiger partial charge in [-0.1, -0.05) is 18.2 Å². The van der Waals surface area contributed by atoms with Crippen LogP contribution in [0.3, 0.4) is 0 Å². The van der Waals surface area contributed by atoms with Crippen LogP contribution in [0.5, 0.6) is 0 Å². The van der Waals surface area contributed by atoms with E-state index in [9.17, 15) is 14.0 Å². The molecule has 2 aromatic carbocycles. The van der Waals surface area contributed by atoms with Crippen LogP contribution in [0.1, 0.15) is 41.6 Å². The molecule has 0 atom stereocenters. The molecule has 2 amide bonds. The van der Waals surface area contributed by atoms with E-state index in [1.807, 2.05) is 12.1 Å². The lowest BCUT2D eigenvalue weighted by Gasteiger charge is -2.32. The van der Waals surface area contributed by atoms with Gasteiger partial charge in [0.2, 0.25) is 5.91 Å². The van der Waals surface area contributed by atoms with E-state index in [1.165, 1.54) is 12.1 Å². The number of nitrogens with zero attached hydrogens (tertiary/aromatic N) is 2. The third-order valence-corrected chi connectivity index (χ3v) is 6.77. The fourth-order valence-corrected chi connectivity index (χ4v) is 4.78. The molecule has 0 saturated heterocycles. The van der Waals surface area contributed by atoms with Gasteiger partial charge in [0.05, 0.1) is 29.7 Å². The van der Waals surface area contributed by atoms with Gasteiger partial charge in [-0.25, -0.2) is 9.37 Å². The van der Waals surface area contributed by atoms with Gasteiger partial charge in [0.25, 0.3) is 5.91 Å². The van der Waals surface area contributed by atoms with Crippen molar-refractivity contribution in [2.75, 3.05) is 22.6 Å². The normalized spacial score (nSPS) is 19.1. The fourth-order valence-electron chi connectivity index (χ4n) is 4.78. The second-order valence-electron chi connectivity index (χ2n) is 8.94. The number of nitrogens with one attached hydrogen (secondary N) is 2. The molecule has 7 nitrogen and oxygen atoms in total. The number of anilines is 4. The lowest BCUT2D eigenvalue weighted by Crippen LogP contribution is -2.38. The first kappa shape index (κ1) is 23.0. The second-order valence-corrected chi connectivity index (χ2v) is 8.94. The van der Waals surface area contributed by atoms with Crippen LogP contribution >= 0.6 is 0 Å². The number of carbonyl (C=O) groups excluding carboxylic acids is 2. The van der Waals surface area contributed by atoms with Crippen molar-refractivity contribution in [3.8, 4) is 0 Å². The van der Waals surface area contributed by atoms with Crippen molar-refractivity contribution in [2.45, 2.75) is 38.3 Å². The van der Waals surface area contributed by atoms with Crippen LogP contribution in [0.15, 0.2) is 60.8 Å². The fraction of sp³-hybridized carbons (Fsp3) is 0.296. The van der Waals surface area contributed by atoms with Gasteiger partial charge in [0, 0.05) is 30.4 Å². The molecule has 2 aliphatic rings. The van der Waals surface area contributed by atoms with Gasteiger partial charge in [0.1, 0.15) is 11.6 Å². The summed E-state index contributed by atoms with van der Waals surface area (Å²) < 4.78 is 19.6. The number of rotatable bonds is 4. The number of aromatic nitrogens is 1. The Morgan fingerprint density at radius 3 is 2.66 bits per heavy atom. The highest BCUT2D eigenvalue weighted by molar-refractivity contribution is 6.07. The average molecular weight is 475 g/mol. The molecule has 0 spiro atoms. The smallest absolute Gasteiger partial charge is 0.255 e. The molecule has 5 rings (SSSR count). The number of hydrogen-bond acceptors (Lipinski definition) is 5. The van der Waals surface area contributed by atoms with E-state index in [4.69, 9.17) is 4.74 Å². The highest BCUT2D eigenvalue weighted by Crippen LogP contribution is 2.38. The Bertz CT molecular complexity index is 1260. The Kier molecular flexibility index (Phi) is 6.46. The van der Waals surface area contributed by atoms with Gasteiger partial charge in [-0.15, -0.1) is 0 Å². The van der Waals surface area contributed by atoms with Crippen molar-refractivity contribution in [3.63, 3.8) is 0 Å². The number of fused-ring (bicyclic) bond motifs is 2.